The van der Waals surface area contributed by atoms with Crippen molar-refractivity contribution in [2.24, 2.45) is 5.92 Å². The Hall–Kier alpha value is -4.34. The van der Waals surface area contributed by atoms with Gasteiger partial charge in [0.05, 0.1) is 19.2 Å². The highest BCUT2D eigenvalue weighted by molar-refractivity contribution is 6.56. The molecule has 0 aromatic heterocycles. The highest BCUT2D eigenvalue weighted by Crippen LogP contribution is 2.34. The van der Waals surface area contributed by atoms with Crippen LogP contribution in [0.3, 0.4) is 0 Å². The van der Waals surface area contributed by atoms with E-state index in [-0.39, 0.29) is 55.3 Å². The summed E-state index contributed by atoms with van der Waals surface area (Å²) >= 11 is 0. The van der Waals surface area contributed by atoms with Gasteiger partial charge in [-0.1, -0.05) is 25.2 Å². The number of fused-ring (bicyclic) bond motifs is 2. The number of ketones is 1. The molecule has 1 saturated heterocycles. The highest BCUT2D eigenvalue weighted by atomic mass is 16.8. The normalized spacial score (nSPS) is 25.8. The standard InChI is InChI=1S/C36H50BN3O11/c1-22-12-13-26(41)31-27(49-36(6,7)50-31)11-9-10-24-18-25(19-28(47-21-45-8)30(24)32(42)48-23(22)2)46-17-16-39(33(37)43)20-29-38-14-15-40(29)34(44)51-35(3,4)5/h9-10,12-15,18-19,22-23,27,29,31,38H,11,16-17,20-21,37H2,1-8H3/b10-9+,13-12-/t22-,23?,27?,29?,31?/m1/s1. The fourth-order valence-electron chi connectivity index (χ4n) is 5.61. The van der Waals surface area contributed by atoms with Gasteiger partial charge in [-0.15, -0.1) is 0 Å². The van der Waals surface area contributed by atoms with E-state index < -0.39 is 47.9 Å². The molecule has 3 aliphatic heterocycles. The molecule has 0 aliphatic carbocycles. The summed E-state index contributed by atoms with van der Waals surface area (Å²) in [5, 5.41) is 3.09. The zero-order valence-electron chi connectivity index (χ0n) is 30.9. The van der Waals surface area contributed by atoms with Gasteiger partial charge in [0, 0.05) is 31.5 Å². The molecule has 4 unspecified atom stereocenters. The van der Waals surface area contributed by atoms with Crippen LogP contribution in [0.2, 0.25) is 0 Å². The van der Waals surface area contributed by atoms with Gasteiger partial charge in [0.25, 0.3) is 0 Å². The Morgan fingerprint density at radius 3 is 2.55 bits per heavy atom. The summed E-state index contributed by atoms with van der Waals surface area (Å²) in [5.41, 5.74) is -0.0770. The van der Waals surface area contributed by atoms with Gasteiger partial charge in [0.15, 0.2) is 24.2 Å². The fourth-order valence-corrected chi connectivity index (χ4v) is 5.61. The monoisotopic (exact) mass is 711 g/mol. The molecule has 3 aliphatic rings. The van der Waals surface area contributed by atoms with Gasteiger partial charge in [-0.2, -0.15) is 0 Å². The average Bonchev–Trinajstić information content (AvgIpc) is 3.63. The Morgan fingerprint density at radius 1 is 1.12 bits per heavy atom. The molecule has 5 atom stereocenters. The molecule has 0 spiro atoms. The number of methoxy groups -OCH3 is 1. The highest BCUT2D eigenvalue weighted by Gasteiger charge is 2.43. The topological polar surface area (TPSA) is 151 Å². The van der Waals surface area contributed by atoms with Gasteiger partial charge >= 0.3 is 12.1 Å². The zero-order chi connectivity index (χ0) is 37.5. The number of carbonyl (C=O) groups excluding carboxylic acids is 4. The molecule has 1 aromatic rings. The lowest BCUT2D eigenvalue weighted by molar-refractivity contribution is -0.152. The van der Waals surface area contributed by atoms with Crippen LogP contribution in [0.1, 0.15) is 70.8 Å². The van der Waals surface area contributed by atoms with E-state index in [9.17, 15) is 19.2 Å². The first kappa shape index (κ1) is 39.5. The van der Waals surface area contributed by atoms with Crippen molar-refractivity contribution in [3.63, 3.8) is 0 Å². The third kappa shape index (κ3) is 10.8. The summed E-state index contributed by atoms with van der Waals surface area (Å²) in [5.74, 6) is -1.79. The zero-order valence-corrected chi connectivity index (χ0v) is 30.9. The van der Waals surface area contributed by atoms with Crippen LogP contribution < -0.4 is 14.8 Å². The second-order valence-corrected chi connectivity index (χ2v) is 14.1. The minimum absolute atomic E-state index is 0.0792. The van der Waals surface area contributed by atoms with E-state index in [0.717, 1.165) is 0 Å². The molecule has 15 heteroatoms. The Balaban J connectivity index is 1.58. The summed E-state index contributed by atoms with van der Waals surface area (Å²) in [6, 6.07) is 3.25. The van der Waals surface area contributed by atoms with Crippen molar-refractivity contribution in [3.8, 4) is 11.5 Å². The van der Waals surface area contributed by atoms with Crippen molar-refractivity contribution in [2.45, 2.75) is 90.8 Å². The van der Waals surface area contributed by atoms with Crippen molar-refractivity contribution in [1.82, 2.24) is 15.1 Å². The SMILES string of the molecule is BC(=O)N(CCOc1cc2c(c(OCOC)c1)C(=O)OC(C)[C@H](C)/C=C\C(=O)C1OC(C)(C)OC1C/C=C/2)CC1NC=CN1C(=O)OC(C)(C)C. The summed E-state index contributed by atoms with van der Waals surface area (Å²) in [6.07, 6.45) is 7.17. The number of rotatable bonds is 9. The maximum atomic E-state index is 13.7. The van der Waals surface area contributed by atoms with Crippen molar-refractivity contribution < 1.29 is 52.3 Å². The van der Waals surface area contributed by atoms with Crippen LogP contribution in [-0.2, 0) is 28.5 Å². The molecular formula is C36H50BN3O11. The number of esters is 1. The third-order valence-electron chi connectivity index (χ3n) is 8.30. The van der Waals surface area contributed by atoms with Gasteiger partial charge < -0.3 is 43.4 Å². The van der Waals surface area contributed by atoms with Crippen LogP contribution in [0, 0.1) is 5.92 Å². The maximum Gasteiger partial charge on any atom is 0.416 e. The molecular weight excluding hydrogens is 661 g/mol. The molecule has 1 fully saturated rings. The second-order valence-electron chi connectivity index (χ2n) is 14.1. The smallest absolute Gasteiger partial charge is 0.416 e. The fraction of sp³-hybridized carbons (Fsp3) is 0.556. The molecule has 1 N–H and O–H groups in total. The summed E-state index contributed by atoms with van der Waals surface area (Å²) in [7, 11) is 2.90. The summed E-state index contributed by atoms with van der Waals surface area (Å²) in [4.78, 5) is 55.2. The van der Waals surface area contributed by atoms with E-state index in [4.69, 9.17) is 33.2 Å². The molecule has 0 radical (unpaired) electrons. The predicted octanol–water partition coefficient (Wildman–Crippen LogP) is 3.98. The second kappa shape index (κ2) is 16.8. The lowest BCUT2D eigenvalue weighted by Gasteiger charge is -2.31. The lowest BCUT2D eigenvalue weighted by atomic mass is 9.99. The number of nitrogens with zero attached hydrogens (tertiary/aromatic N) is 2. The van der Waals surface area contributed by atoms with E-state index in [0.29, 0.717) is 17.7 Å². The van der Waals surface area contributed by atoms with Crippen molar-refractivity contribution in [3.05, 3.63) is 53.9 Å². The molecule has 2 amide bonds. The molecule has 14 nitrogen and oxygen atoms in total. The maximum absolute atomic E-state index is 13.7. The van der Waals surface area contributed by atoms with Gasteiger partial charge in [-0.25, -0.2) is 9.59 Å². The van der Waals surface area contributed by atoms with Gasteiger partial charge in [-0.3, -0.25) is 14.5 Å². The molecule has 3 heterocycles. The summed E-state index contributed by atoms with van der Waals surface area (Å²) < 4.78 is 40.5. The molecule has 0 saturated carbocycles. The van der Waals surface area contributed by atoms with Crippen LogP contribution in [0.15, 0.2) is 42.8 Å². The molecule has 4 rings (SSSR count). The number of nitrogens with one attached hydrogen (secondary N) is 1. The van der Waals surface area contributed by atoms with Crippen LogP contribution >= 0.6 is 0 Å². The minimum Gasteiger partial charge on any atom is -0.492 e. The van der Waals surface area contributed by atoms with Gasteiger partial charge in [0.1, 0.15) is 47.6 Å². The Bertz CT molecular complexity index is 1540. The Labute approximate surface area is 300 Å². The number of benzene rings is 1. The lowest BCUT2D eigenvalue weighted by Crippen LogP contribution is -2.50. The minimum atomic E-state index is -0.954. The molecule has 0 bridgehead atoms. The largest absolute Gasteiger partial charge is 0.492 e. The van der Waals surface area contributed by atoms with Crippen molar-refractivity contribution >= 4 is 37.6 Å². The first-order valence-corrected chi connectivity index (χ1v) is 17.1. The van der Waals surface area contributed by atoms with Crippen LogP contribution in [0.4, 0.5) is 9.59 Å². The van der Waals surface area contributed by atoms with Crippen LogP contribution in [-0.4, -0.2) is 111 Å². The number of hydrogen-bond donors (Lipinski definition) is 1. The quantitative estimate of drug-likeness (QED) is 0.224. The Kier molecular flexibility index (Phi) is 13.0. The first-order chi connectivity index (χ1) is 24.0. The summed E-state index contributed by atoms with van der Waals surface area (Å²) in [6.45, 7) is 12.7. The number of cyclic esters (lactones) is 1. The third-order valence-corrected chi connectivity index (χ3v) is 8.30. The average molecular weight is 712 g/mol. The van der Waals surface area contributed by atoms with E-state index in [2.05, 4.69) is 5.32 Å². The van der Waals surface area contributed by atoms with E-state index in [1.165, 1.54) is 25.9 Å². The number of ether oxygens (including phenoxy) is 7. The van der Waals surface area contributed by atoms with Gasteiger partial charge in [0.2, 0.25) is 7.85 Å². The number of hydrogen-bond acceptors (Lipinski definition) is 12. The van der Waals surface area contributed by atoms with Crippen molar-refractivity contribution in [2.75, 3.05) is 33.6 Å². The van der Waals surface area contributed by atoms with E-state index in [1.54, 1.807) is 89.2 Å². The first-order valence-electron chi connectivity index (χ1n) is 17.1. The predicted molar refractivity (Wildman–Crippen MR) is 190 cm³/mol. The van der Waals surface area contributed by atoms with Crippen molar-refractivity contribution in [1.29, 1.82) is 0 Å². The van der Waals surface area contributed by atoms with E-state index >= 15 is 0 Å². The molecule has 278 valence electrons. The van der Waals surface area contributed by atoms with Crippen LogP contribution in [0.25, 0.3) is 6.08 Å². The molecule has 51 heavy (non-hydrogen) atoms. The van der Waals surface area contributed by atoms with E-state index in [1.807, 2.05) is 6.92 Å². The number of amides is 2. The van der Waals surface area contributed by atoms with Gasteiger partial charge in [-0.05, 0) is 65.7 Å². The van der Waals surface area contributed by atoms with Crippen LogP contribution in [0.5, 0.6) is 11.5 Å². The Morgan fingerprint density at radius 2 is 1.86 bits per heavy atom. The number of carbonyl (C=O) groups is 4. The molecule has 1 aromatic carbocycles.